The molecule has 1 aliphatic heterocycles. The van der Waals surface area contributed by atoms with E-state index in [1.54, 1.807) is 18.2 Å². The normalized spacial score (nSPS) is 21.3. The summed E-state index contributed by atoms with van der Waals surface area (Å²) < 4.78 is 13.9. The van der Waals surface area contributed by atoms with Crippen molar-refractivity contribution in [2.24, 2.45) is 16.5 Å². The number of amidine groups is 1. The molecule has 0 fully saturated rings. The summed E-state index contributed by atoms with van der Waals surface area (Å²) >= 11 is 0. The first kappa shape index (κ1) is 11.7. The summed E-state index contributed by atoms with van der Waals surface area (Å²) in [5.41, 5.74) is 13.8. The molecule has 2 aromatic carbocycles. The van der Waals surface area contributed by atoms with Crippen molar-refractivity contribution in [3.05, 3.63) is 65.5 Å². The van der Waals surface area contributed by atoms with Crippen LogP contribution >= 0.6 is 0 Å². The van der Waals surface area contributed by atoms with Gasteiger partial charge in [-0.25, -0.2) is 9.38 Å². The Labute approximate surface area is 110 Å². The van der Waals surface area contributed by atoms with Crippen molar-refractivity contribution in [1.82, 2.24) is 0 Å². The molecular weight excluding hydrogens is 243 g/mol. The Morgan fingerprint density at radius 1 is 1.05 bits per heavy atom. The zero-order chi connectivity index (χ0) is 13.5. The summed E-state index contributed by atoms with van der Waals surface area (Å²) in [7, 11) is 0. The maximum atomic E-state index is 13.9. The number of nitrogens with one attached hydrogen (secondary N) is 1. The van der Waals surface area contributed by atoms with E-state index in [0.717, 1.165) is 11.3 Å². The topological polar surface area (TPSA) is 76.4 Å². The van der Waals surface area contributed by atoms with Gasteiger partial charge in [0.05, 0.1) is 5.56 Å². The van der Waals surface area contributed by atoms with Crippen LogP contribution in [0, 0.1) is 5.82 Å². The fraction of sp³-hybridized carbons (Fsp3) is 0.0714. The van der Waals surface area contributed by atoms with Gasteiger partial charge < -0.3 is 11.1 Å². The highest BCUT2D eigenvalue weighted by Crippen LogP contribution is 2.31. The molecule has 0 amide bonds. The molecule has 0 aromatic heterocycles. The second-order valence-electron chi connectivity index (χ2n) is 4.41. The van der Waals surface area contributed by atoms with Gasteiger partial charge in [0, 0.05) is 11.3 Å². The van der Waals surface area contributed by atoms with E-state index in [0.29, 0.717) is 5.84 Å². The lowest BCUT2D eigenvalue weighted by molar-refractivity contribution is 0.491. The predicted octanol–water partition coefficient (Wildman–Crippen LogP) is 1.73. The van der Waals surface area contributed by atoms with Crippen molar-refractivity contribution >= 4 is 11.5 Å². The predicted molar refractivity (Wildman–Crippen MR) is 73.1 cm³/mol. The van der Waals surface area contributed by atoms with E-state index in [-0.39, 0.29) is 5.56 Å². The Morgan fingerprint density at radius 3 is 2.53 bits per heavy atom. The molecule has 0 spiro atoms. The zero-order valence-corrected chi connectivity index (χ0v) is 10.1. The first-order valence-electron chi connectivity index (χ1n) is 5.87. The fourth-order valence-corrected chi connectivity index (χ4v) is 2.20. The summed E-state index contributed by atoms with van der Waals surface area (Å²) in [4.78, 5) is 4.21. The summed E-state index contributed by atoms with van der Waals surface area (Å²) in [6, 6.07) is 13.6. The van der Waals surface area contributed by atoms with Gasteiger partial charge in [-0.3, -0.25) is 5.73 Å². The van der Waals surface area contributed by atoms with Gasteiger partial charge in [0.1, 0.15) is 11.7 Å². The smallest absolute Gasteiger partial charge is 0.214 e. The number of halogens is 1. The third-order valence-electron chi connectivity index (χ3n) is 3.11. The molecule has 19 heavy (non-hydrogen) atoms. The summed E-state index contributed by atoms with van der Waals surface area (Å²) in [5, 5.41) is 3.03. The average Bonchev–Trinajstić information content (AvgIpc) is 2.39. The van der Waals surface area contributed by atoms with Gasteiger partial charge >= 0.3 is 0 Å². The maximum Gasteiger partial charge on any atom is 0.214 e. The Morgan fingerprint density at radius 2 is 1.74 bits per heavy atom. The van der Waals surface area contributed by atoms with Crippen molar-refractivity contribution in [1.29, 1.82) is 0 Å². The first-order chi connectivity index (χ1) is 9.10. The van der Waals surface area contributed by atoms with Gasteiger partial charge in [0.2, 0.25) is 5.79 Å². The molecule has 2 aromatic rings. The Kier molecular flexibility index (Phi) is 2.50. The van der Waals surface area contributed by atoms with E-state index in [2.05, 4.69) is 10.3 Å². The fourth-order valence-electron chi connectivity index (χ4n) is 2.20. The average molecular weight is 256 g/mol. The first-order valence-corrected chi connectivity index (χ1v) is 5.87. The van der Waals surface area contributed by atoms with Crippen LogP contribution in [0.2, 0.25) is 0 Å². The van der Waals surface area contributed by atoms with Crippen molar-refractivity contribution in [3.8, 4) is 0 Å². The quantitative estimate of drug-likeness (QED) is 0.727. The molecule has 5 heteroatoms. The molecule has 1 aliphatic rings. The number of para-hydroxylation sites is 1. The molecule has 5 N–H and O–H groups in total. The van der Waals surface area contributed by atoms with Crippen molar-refractivity contribution in [2.45, 2.75) is 5.79 Å². The van der Waals surface area contributed by atoms with Crippen molar-refractivity contribution in [3.63, 3.8) is 0 Å². The lowest BCUT2D eigenvalue weighted by Crippen LogP contribution is -2.48. The third-order valence-corrected chi connectivity index (χ3v) is 3.11. The van der Waals surface area contributed by atoms with E-state index in [1.807, 2.05) is 24.3 Å². The van der Waals surface area contributed by atoms with Gasteiger partial charge in [-0.1, -0.05) is 30.3 Å². The van der Waals surface area contributed by atoms with Gasteiger partial charge in [0.25, 0.3) is 0 Å². The number of hydrogen-bond acceptors (Lipinski definition) is 4. The number of benzene rings is 2. The number of nitrogens with two attached hydrogens (primary N) is 2. The Hall–Kier alpha value is -2.40. The second-order valence-corrected chi connectivity index (χ2v) is 4.41. The minimum Gasteiger partial charge on any atom is -0.383 e. The van der Waals surface area contributed by atoms with Crippen molar-refractivity contribution < 1.29 is 4.39 Å². The highest BCUT2D eigenvalue weighted by molar-refractivity contribution is 6.04. The molecule has 4 nitrogen and oxygen atoms in total. The van der Waals surface area contributed by atoms with Gasteiger partial charge in [-0.15, -0.1) is 0 Å². The van der Waals surface area contributed by atoms with Gasteiger partial charge in [-0.05, 0) is 18.2 Å². The van der Waals surface area contributed by atoms with E-state index >= 15 is 0 Å². The molecule has 1 heterocycles. The van der Waals surface area contributed by atoms with Crippen LogP contribution in [0.5, 0.6) is 0 Å². The molecule has 1 atom stereocenters. The van der Waals surface area contributed by atoms with Crippen LogP contribution in [0.15, 0.2) is 53.5 Å². The van der Waals surface area contributed by atoms with Crippen LogP contribution in [0.25, 0.3) is 0 Å². The van der Waals surface area contributed by atoms with Crippen LogP contribution in [0.3, 0.4) is 0 Å². The number of nitrogens with zero attached hydrogens (tertiary/aromatic N) is 1. The number of hydrogen-bond donors (Lipinski definition) is 3. The number of fused-ring (bicyclic) bond motifs is 1. The van der Waals surface area contributed by atoms with E-state index in [1.165, 1.54) is 6.07 Å². The van der Waals surface area contributed by atoms with Crippen LogP contribution in [-0.2, 0) is 5.79 Å². The number of rotatable bonds is 1. The molecule has 0 radical (unpaired) electrons. The summed E-state index contributed by atoms with van der Waals surface area (Å²) in [5.74, 6) is -1.52. The largest absolute Gasteiger partial charge is 0.383 e. The standard InChI is InChI=1S/C14H13FN4/c15-11-7-3-2-6-10(11)14(17)18-12-8-4-1-5-9(12)13(16)19-14/h1-8,18H,17H2,(H2,16,19). The third kappa shape index (κ3) is 1.84. The maximum absolute atomic E-state index is 13.9. The minimum atomic E-state index is -1.39. The van der Waals surface area contributed by atoms with Gasteiger partial charge in [0.15, 0.2) is 0 Å². The molecule has 96 valence electrons. The van der Waals surface area contributed by atoms with Crippen LogP contribution in [-0.4, -0.2) is 5.84 Å². The monoisotopic (exact) mass is 256 g/mol. The lowest BCUT2D eigenvalue weighted by Gasteiger charge is -2.33. The van der Waals surface area contributed by atoms with E-state index in [9.17, 15) is 4.39 Å². The summed E-state index contributed by atoms with van der Waals surface area (Å²) in [6.45, 7) is 0. The SMILES string of the molecule is NC1=NC(N)(c2ccccc2F)Nc2ccccc21. The lowest BCUT2D eigenvalue weighted by atomic mass is 10.0. The Balaban J connectivity index is 2.14. The van der Waals surface area contributed by atoms with Crippen LogP contribution in [0.1, 0.15) is 11.1 Å². The van der Waals surface area contributed by atoms with Crippen LogP contribution < -0.4 is 16.8 Å². The molecule has 1 unspecified atom stereocenters. The molecule has 0 saturated carbocycles. The second kappa shape index (κ2) is 4.07. The number of aliphatic imine (C=N–C) groups is 1. The summed E-state index contributed by atoms with van der Waals surface area (Å²) in [6.07, 6.45) is 0. The zero-order valence-electron chi connectivity index (χ0n) is 10.1. The highest BCUT2D eigenvalue weighted by Gasteiger charge is 2.34. The molecule has 0 bridgehead atoms. The molecular formula is C14H13FN4. The Bertz CT molecular complexity index is 668. The van der Waals surface area contributed by atoms with Gasteiger partial charge in [-0.2, -0.15) is 0 Å². The van der Waals surface area contributed by atoms with Crippen molar-refractivity contribution in [2.75, 3.05) is 5.32 Å². The number of anilines is 1. The minimum absolute atomic E-state index is 0.257. The van der Waals surface area contributed by atoms with Crippen LogP contribution in [0.4, 0.5) is 10.1 Å². The highest BCUT2D eigenvalue weighted by atomic mass is 19.1. The molecule has 3 rings (SSSR count). The van der Waals surface area contributed by atoms with E-state index < -0.39 is 11.6 Å². The van der Waals surface area contributed by atoms with E-state index in [4.69, 9.17) is 11.5 Å². The molecule has 0 saturated heterocycles. The molecule has 0 aliphatic carbocycles.